The number of anilines is 1. The number of hydrogen-bond acceptors (Lipinski definition) is 5. The largest absolute Gasteiger partial charge is 0.398 e. The highest BCUT2D eigenvalue weighted by Gasteiger charge is 2.16. The minimum Gasteiger partial charge on any atom is -0.398 e. The zero-order valence-corrected chi connectivity index (χ0v) is 9.69. The number of carbonyl (C=O) groups is 1. The van der Waals surface area contributed by atoms with Crippen LogP contribution in [0.4, 0.5) is 5.69 Å². The van der Waals surface area contributed by atoms with Gasteiger partial charge in [-0.15, -0.1) is 0 Å². The van der Waals surface area contributed by atoms with E-state index >= 15 is 0 Å². The maximum atomic E-state index is 11.8. The molecule has 1 aliphatic rings. The van der Waals surface area contributed by atoms with Gasteiger partial charge in [-0.1, -0.05) is 0 Å². The molecule has 2 rings (SSSR count). The lowest BCUT2D eigenvalue weighted by molar-refractivity contribution is 0.0318. The molecule has 5 heteroatoms. The Morgan fingerprint density at radius 2 is 2.29 bits per heavy atom. The Morgan fingerprint density at radius 1 is 1.53 bits per heavy atom. The van der Waals surface area contributed by atoms with Crippen LogP contribution in [0.15, 0.2) is 18.5 Å². The van der Waals surface area contributed by atoms with E-state index in [1.165, 1.54) is 6.20 Å². The molecular weight excluding hydrogens is 218 g/mol. The average molecular weight is 235 g/mol. The summed E-state index contributed by atoms with van der Waals surface area (Å²) in [6, 6.07) is 1.62. The molecule has 1 aliphatic heterocycles. The molecule has 0 radical (unpaired) electrons. The molecule has 0 atom stereocenters. The van der Waals surface area contributed by atoms with Gasteiger partial charge in [0.2, 0.25) is 0 Å². The number of nitrogens with one attached hydrogen (secondary N) is 1. The van der Waals surface area contributed by atoms with Crippen LogP contribution < -0.4 is 11.1 Å². The molecule has 1 aromatic rings. The van der Waals surface area contributed by atoms with Gasteiger partial charge in [-0.2, -0.15) is 0 Å². The number of pyridine rings is 1. The molecule has 3 N–H and O–H groups in total. The van der Waals surface area contributed by atoms with Crippen LogP contribution in [0.25, 0.3) is 0 Å². The second kappa shape index (κ2) is 5.75. The van der Waals surface area contributed by atoms with Crippen molar-refractivity contribution in [2.45, 2.75) is 18.9 Å². The number of nitrogens with zero attached hydrogens (tertiary/aromatic N) is 1. The van der Waals surface area contributed by atoms with Crippen molar-refractivity contribution >= 4 is 11.5 Å². The van der Waals surface area contributed by atoms with Crippen LogP contribution in [0.5, 0.6) is 0 Å². The molecule has 0 aliphatic carbocycles. The minimum absolute atomic E-state index is 0.0839. The number of nitrogens with two attached hydrogens (primary N) is 1. The van der Waals surface area contributed by atoms with Crippen LogP contribution in [-0.4, -0.2) is 36.6 Å². The third-order valence-corrected chi connectivity index (χ3v) is 2.89. The third kappa shape index (κ3) is 3.25. The molecule has 0 saturated carbocycles. The van der Waals surface area contributed by atoms with Crippen molar-refractivity contribution in [3.8, 4) is 0 Å². The van der Waals surface area contributed by atoms with E-state index in [1.54, 1.807) is 12.3 Å². The van der Waals surface area contributed by atoms with E-state index in [9.17, 15) is 4.79 Å². The molecule has 0 amide bonds. The number of carbonyl (C=O) groups excluding carboxylic acids is 1. The number of nitrogen functional groups attached to an aromatic ring is 1. The van der Waals surface area contributed by atoms with Gasteiger partial charge in [-0.3, -0.25) is 9.78 Å². The highest BCUT2D eigenvalue weighted by Crippen LogP contribution is 2.12. The molecule has 1 aromatic heterocycles. The van der Waals surface area contributed by atoms with Crippen LogP contribution in [0, 0.1) is 0 Å². The van der Waals surface area contributed by atoms with Crippen molar-refractivity contribution in [1.82, 2.24) is 10.3 Å². The topological polar surface area (TPSA) is 77.2 Å². The average Bonchev–Trinajstić information content (AvgIpc) is 2.38. The van der Waals surface area contributed by atoms with Crippen molar-refractivity contribution < 1.29 is 9.53 Å². The number of rotatable bonds is 4. The Kier molecular flexibility index (Phi) is 4.06. The lowest BCUT2D eigenvalue weighted by Gasteiger charge is -2.22. The van der Waals surface area contributed by atoms with Gasteiger partial charge in [-0.05, 0) is 32.0 Å². The highest BCUT2D eigenvalue weighted by molar-refractivity contribution is 6.01. The number of ketones is 1. The first-order valence-corrected chi connectivity index (χ1v) is 5.82. The summed E-state index contributed by atoms with van der Waals surface area (Å²) in [5, 5.41) is 3.25. The van der Waals surface area contributed by atoms with Crippen molar-refractivity contribution in [1.29, 1.82) is 0 Å². The first-order chi connectivity index (χ1) is 8.27. The number of Topliss-reactive ketones (excluding diaryl/α,β-unsaturated/α-hetero) is 1. The molecule has 5 nitrogen and oxygen atoms in total. The number of hydrogen-bond donors (Lipinski definition) is 2. The molecule has 0 bridgehead atoms. The standard InChI is InChI=1S/C12H17N3O2/c13-11-3-6-15-7-10(11)12(16)8-17-9-1-4-14-5-2-9/h3,6-7,9,14H,1-2,4-5,8H2,(H2,13,15). The third-order valence-electron chi connectivity index (χ3n) is 2.89. The zero-order valence-electron chi connectivity index (χ0n) is 9.69. The van der Waals surface area contributed by atoms with E-state index < -0.39 is 0 Å². The van der Waals surface area contributed by atoms with E-state index in [4.69, 9.17) is 10.5 Å². The van der Waals surface area contributed by atoms with E-state index in [-0.39, 0.29) is 18.5 Å². The Labute approximate surface area is 100 Å². The van der Waals surface area contributed by atoms with Gasteiger partial charge < -0.3 is 15.8 Å². The van der Waals surface area contributed by atoms with Crippen LogP contribution in [-0.2, 0) is 4.74 Å². The first-order valence-electron chi connectivity index (χ1n) is 5.82. The van der Waals surface area contributed by atoms with Crippen LogP contribution in [0.2, 0.25) is 0 Å². The SMILES string of the molecule is Nc1ccncc1C(=O)COC1CCNCC1. The predicted molar refractivity (Wildman–Crippen MR) is 64.8 cm³/mol. The molecule has 0 unspecified atom stereocenters. The van der Waals surface area contributed by atoms with Crippen LogP contribution in [0.1, 0.15) is 23.2 Å². The second-order valence-electron chi connectivity index (χ2n) is 4.15. The number of aromatic nitrogens is 1. The van der Waals surface area contributed by atoms with E-state index in [2.05, 4.69) is 10.3 Å². The molecule has 17 heavy (non-hydrogen) atoms. The molecule has 2 heterocycles. The quantitative estimate of drug-likeness (QED) is 0.748. The molecular formula is C12H17N3O2. The fourth-order valence-corrected chi connectivity index (χ4v) is 1.87. The van der Waals surface area contributed by atoms with E-state index in [0.717, 1.165) is 25.9 Å². The summed E-state index contributed by atoms with van der Waals surface area (Å²) >= 11 is 0. The summed E-state index contributed by atoms with van der Waals surface area (Å²) in [6.07, 6.45) is 5.15. The smallest absolute Gasteiger partial charge is 0.192 e. The molecule has 92 valence electrons. The first kappa shape index (κ1) is 12.0. The Hall–Kier alpha value is -1.46. The van der Waals surface area contributed by atoms with Gasteiger partial charge in [0.15, 0.2) is 5.78 Å². The number of piperidine rings is 1. The second-order valence-corrected chi connectivity index (χ2v) is 4.15. The summed E-state index contributed by atoms with van der Waals surface area (Å²) in [6.45, 7) is 1.99. The fraction of sp³-hybridized carbons (Fsp3) is 0.500. The fourth-order valence-electron chi connectivity index (χ4n) is 1.87. The maximum absolute atomic E-state index is 11.8. The molecule has 1 saturated heterocycles. The summed E-state index contributed by atoms with van der Waals surface area (Å²) in [4.78, 5) is 15.7. The van der Waals surface area contributed by atoms with Crippen molar-refractivity contribution in [2.24, 2.45) is 0 Å². The van der Waals surface area contributed by atoms with Gasteiger partial charge in [-0.25, -0.2) is 0 Å². The highest BCUT2D eigenvalue weighted by atomic mass is 16.5. The summed E-state index contributed by atoms with van der Waals surface area (Å²) in [7, 11) is 0. The van der Waals surface area contributed by atoms with E-state index in [0.29, 0.717) is 11.3 Å². The normalized spacial score (nSPS) is 16.9. The van der Waals surface area contributed by atoms with Crippen molar-refractivity contribution in [3.05, 3.63) is 24.0 Å². The van der Waals surface area contributed by atoms with Gasteiger partial charge in [0.05, 0.1) is 11.7 Å². The molecule has 1 fully saturated rings. The molecule has 0 spiro atoms. The molecule has 0 aromatic carbocycles. The lowest BCUT2D eigenvalue weighted by Crippen LogP contribution is -2.33. The van der Waals surface area contributed by atoms with Crippen molar-refractivity contribution in [2.75, 3.05) is 25.4 Å². The Balaban J connectivity index is 1.87. The van der Waals surface area contributed by atoms with Gasteiger partial charge in [0.25, 0.3) is 0 Å². The summed E-state index contributed by atoms with van der Waals surface area (Å²) in [5.74, 6) is -0.103. The summed E-state index contributed by atoms with van der Waals surface area (Å²) in [5.41, 5.74) is 6.61. The summed E-state index contributed by atoms with van der Waals surface area (Å²) < 4.78 is 5.58. The number of ether oxygens (including phenoxy) is 1. The maximum Gasteiger partial charge on any atom is 0.192 e. The van der Waals surface area contributed by atoms with Crippen LogP contribution >= 0.6 is 0 Å². The zero-order chi connectivity index (χ0) is 12.1. The van der Waals surface area contributed by atoms with Gasteiger partial charge in [0.1, 0.15) is 6.61 Å². The Morgan fingerprint density at radius 3 is 3.00 bits per heavy atom. The predicted octanol–water partition coefficient (Wildman–Crippen LogP) is 0.615. The minimum atomic E-state index is -0.103. The van der Waals surface area contributed by atoms with Gasteiger partial charge in [0, 0.05) is 18.1 Å². The lowest BCUT2D eigenvalue weighted by atomic mass is 10.1. The van der Waals surface area contributed by atoms with Gasteiger partial charge >= 0.3 is 0 Å². The van der Waals surface area contributed by atoms with E-state index in [1.807, 2.05) is 0 Å². The van der Waals surface area contributed by atoms with Crippen LogP contribution in [0.3, 0.4) is 0 Å². The Bertz CT molecular complexity index is 389. The monoisotopic (exact) mass is 235 g/mol. The van der Waals surface area contributed by atoms with Crippen molar-refractivity contribution in [3.63, 3.8) is 0 Å².